The molecule has 3 N–H and O–H groups in total. The fraction of sp³-hybridized carbons (Fsp3) is 0.318. The largest absolute Gasteiger partial charge is 0.368 e. The van der Waals surface area contributed by atoms with Crippen LogP contribution in [0.1, 0.15) is 30.3 Å². The lowest BCUT2D eigenvalue weighted by atomic mass is 9.92. The van der Waals surface area contributed by atoms with Crippen molar-refractivity contribution in [1.29, 1.82) is 0 Å². The lowest BCUT2D eigenvalue weighted by Gasteiger charge is -2.38. The zero-order chi connectivity index (χ0) is 22.0. The molecule has 6 nitrogen and oxygen atoms in total. The Labute approximate surface area is 183 Å². The van der Waals surface area contributed by atoms with Crippen molar-refractivity contribution in [2.75, 3.05) is 23.3 Å². The number of nitrogens with two attached hydrogens (primary N) is 1. The van der Waals surface area contributed by atoms with Gasteiger partial charge in [0.1, 0.15) is 22.3 Å². The molecule has 4 rings (SSSR count). The van der Waals surface area contributed by atoms with Gasteiger partial charge in [0.25, 0.3) is 5.91 Å². The molecule has 0 radical (unpaired) electrons. The Morgan fingerprint density at radius 2 is 2.06 bits per heavy atom. The molecular weight excluding hydrogens is 420 g/mol. The summed E-state index contributed by atoms with van der Waals surface area (Å²) in [5.74, 6) is -1.43. The number of hydrogen-bond acceptors (Lipinski definition) is 6. The molecule has 1 saturated heterocycles. The van der Waals surface area contributed by atoms with Crippen molar-refractivity contribution in [2.45, 2.75) is 25.8 Å². The maximum atomic E-state index is 14.0. The quantitative estimate of drug-likeness (QED) is 0.614. The molecule has 2 atom stereocenters. The van der Waals surface area contributed by atoms with E-state index >= 15 is 0 Å². The van der Waals surface area contributed by atoms with Gasteiger partial charge in [-0.1, -0.05) is 19.4 Å². The molecule has 1 fully saturated rings. The summed E-state index contributed by atoms with van der Waals surface area (Å²) >= 11 is 1.01. The van der Waals surface area contributed by atoms with E-state index in [2.05, 4.69) is 27.1 Å². The summed E-state index contributed by atoms with van der Waals surface area (Å²) in [5, 5.41) is 4.43. The Morgan fingerprint density at radius 1 is 1.29 bits per heavy atom. The lowest BCUT2D eigenvalue weighted by Crippen LogP contribution is -2.47. The van der Waals surface area contributed by atoms with Crippen LogP contribution in [0.5, 0.6) is 0 Å². The Balaban J connectivity index is 1.56. The van der Waals surface area contributed by atoms with Crippen LogP contribution in [0, 0.1) is 17.6 Å². The number of hydrogen-bond donors (Lipinski definition) is 2. The monoisotopic (exact) mass is 443 g/mol. The van der Waals surface area contributed by atoms with Crippen LogP contribution in [0.15, 0.2) is 42.0 Å². The number of amides is 1. The predicted molar refractivity (Wildman–Crippen MR) is 118 cm³/mol. The van der Waals surface area contributed by atoms with E-state index in [0.717, 1.165) is 48.5 Å². The highest BCUT2D eigenvalue weighted by atomic mass is 32.1. The zero-order valence-corrected chi connectivity index (χ0v) is 17.8. The molecular formula is C22H23F2N5OS. The molecule has 1 aromatic carbocycles. The van der Waals surface area contributed by atoms with Gasteiger partial charge in [0.05, 0.1) is 23.1 Å². The Morgan fingerprint density at radius 3 is 2.81 bits per heavy atom. The van der Waals surface area contributed by atoms with Crippen LogP contribution in [0.2, 0.25) is 0 Å². The zero-order valence-electron chi connectivity index (χ0n) is 17.0. The third kappa shape index (κ3) is 4.57. The van der Waals surface area contributed by atoms with Crippen LogP contribution in [-0.4, -0.2) is 35.0 Å². The summed E-state index contributed by atoms with van der Waals surface area (Å²) in [5.41, 5.74) is 7.47. The second-order valence-electron chi connectivity index (χ2n) is 7.66. The molecule has 0 saturated carbocycles. The first-order valence-electron chi connectivity index (χ1n) is 10.1. The molecule has 2 aromatic heterocycles. The van der Waals surface area contributed by atoms with Gasteiger partial charge in [-0.3, -0.25) is 9.78 Å². The molecule has 2 unspecified atom stereocenters. The number of anilines is 2. The summed E-state index contributed by atoms with van der Waals surface area (Å²) in [7, 11) is 0. The number of nitrogens with one attached hydrogen (secondary N) is 1. The number of piperidine rings is 1. The second-order valence-corrected chi connectivity index (χ2v) is 8.51. The molecule has 3 aromatic rings. The third-order valence-corrected chi connectivity index (χ3v) is 6.31. The average Bonchev–Trinajstić information content (AvgIpc) is 3.23. The molecule has 0 spiro atoms. The van der Waals surface area contributed by atoms with Crippen molar-refractivity contribution in [3.8, 4) is 10.6 Å². The van der Waals surface area contributed by atoms with Gasteiger partial charge < -0.3 is 16.0 Å². The van der Waals surface area contributed by atoms with Crippen molar-refractivity contribution >= 4 is 28.6 Å². The number of benzene rings is 1. The number of carbonyl (C=O) groups excluding carboxylic acids is 1. The minimum atomic E-state index is -0.720. The third-order valence-electron chi connectivity index (χ3n) is 5.45. The Kier molecular flexibility index (Phi) is 6.24. The molecule has 162 valence electrons. The molecule has 31 heavy (non-hydrogen) atoms. The highest BCUT2D eigenvalue weighted by Crippen LogP contribution is 2.32. The molecule has 3 heterocycles. The van der Waals surface area contributed by atoms with Crippen LogP contribution in [0.25, 0.3) is 10.6 Å². The maximum absolute atomic E-state index is 14.0. The van der Waals surface area contributed by atoms with Gasteiger partial charge in [0.15, 0.2) is 0 Å². The second kappa shape index (κ2) is 9.07. The number of nitrogens with zero attached hydrogens (tertiary/aromatic N) is 3. The summed E-state index contributed by atoms with van der Waals surface area (Å²) < 4.78 is 28.1. The summed E-state index contributed by atoms with van der Waals surface area (Å²) in [6, 6.07) is 5.52. The van der Waals surface area contributed by atoms with Crippen molar-refractivity contribution in [3.63, 3.8) is 0 Å². The minimum Gasteiger partial charge on any atom is -0.368 e. The minimum absolute atomic E-state index is 0.0622. The van der Waals surface area contributed by atoms with Gasteiger partial charge in [-0.05, 0) is 30.5 Å². The van der Waals surface area contributed by atoms with Gasteiger partial charge in [-0.2, -0.15) is 0 Å². The molecule has 1 aliphatic heterocycles. The molecule has 1 aliphatic rings. The van der Waals surface area contributed by atoms with Crippen molar-refractivity contribution < 1.29 is 13.6 Å². The molecule has 0 bridgehead atoms. The number of rotatable bonds is 5. The van der Waals surface area contributed by atoms with Crippen LogP contribution in [-0.2, 0) is 0 Å². The average molecular weight is 444 g/mol. The maximum Gasteiger partial charge on any atom is 0.275 e. The van der Waals surface area contributed by atoms with Crippen LogP contribution >= 0.6 is 11.3 Å². The van der Waals surface area contributed by atoms with Gasteiger partial charge in [0.2, 0.25) is 0 Å². The molecule has 0 aliphatic carbocycles. The van der Waals surface area contributed by atoms with Crippen LogP contribution in [0.4, 0.5) is 20.2 Å². The number of carbonyl (C=O) groups is 1. The normalized spacial score (nSPS) is 18.8. The van der Waals surface area contributed by atoms with Crippen molar-refractivity contribution in [3.05, 3.63) is 59.4 Å². The van der Waals surface area contributed by atoms with E-state index in [0.29, 0.717) is 18.2 Å². The first-order chi connectivity index (χ1) is 15.0. The van der Waals surface area contributed by atoms with E-state index in [9.17, 15) is 13.6 Å². The van der Waals surface area contributed by atoms with Gasteiger partial charge in [-0.15, -0.1) is 11.3 Å². The number of aromatic nitrogens is 2. The van der Waals surface area contributed by atoms with E-state index in [4.69, 9.17) is 5.73 Å². The van der Waals surface area contributed by atoms with E-state index in [1.165, 1.54) is 11.4 Å². The number of thiazole rings is 1. The topological polar surface area (TPSA) is 84.1 Å². The lowest BCUT2D eigenvalue weighted by molar-refractivity contribution is 0.102. The van der Waals surface area contributed by atoms with E-state index < -0.39 is 17.5 Å². The van der Waals surface area contributed by atoms with Crippen LogP contribution < -0.4 is 16.0 Å². The molecule has 1 amide bonds. The first-order valence-corrected chi connectivity index (χ1v) is 11.0. The van der Waals surface area contributed by atoms with E-state index in [1.807, 2.05) is 6.07 Å². The highest BCUT2D eigenvalue weighted by Gasteiger charge is 2.26. The van der Waals surface area contributed by atoms with Gasteiger partial charge in [-0.25, -0.2) is 13.8 Å². The highest BCUT2D eigenvalue weighted by molar-refractivity contribution is 7.13. The van der Waals surface area contributed by atoms with Gasteiger partial charge >= 0.3 is 0 Å². The standard InChI is InChI=1S/C22H23F2N5OS/c1-2-13-8-14(25)11-29(10-13)19-6-7-26-9-17(19)27-21(30)18-12-31-22(28-18)20-15(23)4-3-5-16(20)24/h3-7,9,12-14H,2,8,10-11,25H2,1H3,(H,27,30). The van der Waals surface area contributed by atoms with E-state index in [-0.39, 0.29) is 22.3 Å². The van der Waals surface area contributed by atoms with Crippen molar-refractivity contribution in [2.24, 2.45) is 11.7 Å². The summed E-state index contributed by atoms with van der Waals surface area (Å²) in [4.78, 5) is 23.3. The molecule has 9 heteroatoms. The first kappa shape index (κ1) is 21.3. The fourth-order valence-corrected chi connectivity index (χ4v) is 4.73. The Hall–Kier alpha value is -2.91. The van der Waals surface area contributed by atoms with Crippen molar-refractivity contribution in [1.82, 2.24) is 9.97 Å². The number of pyridine rings is 1. The Bertz CT molecular complexity index is 1070. The fourth-order valence-electron chi connectivity index (χ4n) is 3.88. The summed E-state index contributed by atoms with van der Waals surface area (Å²) in [6.45, 7) is 3.69. The van der Waals surface area contributed by atoms with Gasteiger partial charge in [0, 0.05) is 30.7 Å². The van der Waals surface area contributed by atoms with E-state index in [1.54, 1.807) is 12.4 Å². The van der Waals surface area contributed by atoms with Crippen LogP contribution in [0.3, 0.4) is 0 Å². The predicted octanol–water partition coefficient (Wildman–Crippen LogP) is 4.30. The summed E-state index contributed by atoms with van der Waals surface area (Å²) in [6.07, 6.45) is 5.27. The smallest absolute Gasteiger partial charge is 0.275 e. The number of halogens is 2. The SMILES string of the molecule is CCC1CC(N)CN(c2ccncc2NC(=O)c2csc(-c3c(F)cccc3F)n2)C1.